The number of hydrogen-bond acceptors (Lipinski definition) is 3. The summed E-state index contributed by atoms with van der Waals surface area (Å²) < 4.78 is 0. The molecular formula is C18H15N3O. The number of nitrogens with zero attached hydrogens (tertiary/aromatic N) is 2. The van der Waals surface area contributed by atoms with Crippen molar-refractivity contribution in [2.75, 3.05) is 0 Å². The summed E-state index contributed by atoms with van der Waals surface area (Å²) >= 11 is 0. The molecule has 2 heterocycles. The molecule has 2 aromatic heterocycles. The van der Waals surface area contributed by atoms with E-state index in [2.05, 4.69) is 15.3 Å². The predicted molar refractivity (Wildman–Crippen MR) is 84.2 cm³/mol. The van der Waals surface area contributed by atoms with Crippen LogP contribution in [-0.2, 0) is 0 Å². The Bertz CT molecular complexity index is 691. The molecule has 22 heavy (non-hydrogen) atoms. The molecule has 0 saturated heterocycles. The van der Waals surface area contributed by atoms with Gasteiger partial charge in [-0.05, 0) is 36.4 Å². The van der Waals surface area contributed by atoms with Gasteiger partial charge in [0.15, 0.2) is 0 Å². The average Bonchev–Trinajstić information content (AvgIpc) is 2.62. The summed E-state index contributed by atoms with van der Waals surface area (Å²) in [5.74, 6) is -0.151. The average molecular weight is 289 g/mol. The fourth-order valence-corrected chi connectivity index (χ4v) is 2.20. The van der Waals surface area contributed by atoms with Crippen molar-refractivity contribution in [2.24, 2.45) is 0 Å². The Morgan fingerprint density at radius 1 is 0.773 bits per heavy atom. The third-order valence-corrected chi connectivity index (χ3v) is 3.28. The minimum absolute atomic E-state index is 0.151. The van der Waals surface area contributed by atoms with Gasteiger partial charge in [-0.1, -0.05) is 30.3 Å². The molecule has 3 rings (SSSR count). The molecule has 0 aliphatic carbocycles. The summed E-state index contributed by atoms with van der Waals surface area (Å²) in [6, 6.07) is 20.0. The van der Waals surface area contributed by atoms with E-state index in [1.807, 2.05) is 54.6 Å². The number of benzene rings is 1. The van der Waals surface area contributed by atoms with Gasteiger partial charge in [0, 0.05) is 18.0 Å². The molecule has 0 radical (unpaired) electrons. The van der Waals surface area contributed by atoms with Crippen LogP contribution in [0.1, 0.15) is 27.8 Å². The van der Waals surface area contributed by atoms with Crippen molar-refractivity contribution in [3.05, 3.63) is 96.1 Å². The third kappa shape index (κ3) is 3.17. The Kier molecular flexibility index (Phi) is 4.20. The SMILES string of the molecule is O=C(NC(c1ccccn1)c1ccccn1)c1ccccc1. The molecule has 4 nitrogen and oxygen atoms in total. The second-order valence-corrected chi connectivity index (χ2v) is 4.78. The number of rotatable bonds is 4. The zero-order valence-corrected chi connectivity index (χ0v) is 11.9. The second-order valence-electron chi connectivity index (χ2n) is 4.78. The lowest BCUT2D eigenvalue weighted by Crippen LogP contribution is -2.30. The summed E-state index contributed by atoms with van der Waals surface area (Å²) in [4.78, 5) is 21.1. The van der Waals surface area contributed by atoms with E-state index in [4.69, 9.17) is 0 Å². The van der Waals surface area contributed by atoms with E-state index < -0.39 is 0 Å². The van der Waals surface area contributed by atoms with Gasteiger partial charge in [0.2, 0.25) is 0 Å². The molecule has 4 heteroatoms. The van der Waals surface area contributed by atoms with E-state index in [-0.39, 0.29) is 11.9 Å². The number of pyridine rings is 2. The molecule has 0 aliphatic rings. The van der Waals surface area contributed by atoms with E-state index in [1.165, 1.54) is 0 Å². The molecule has 3 aromatic rings. The highest BCUT2D eigenvalue weighted by Crippen LogP contribution is 2.18. The van der Waals surface area contributed by atoms with Crippen LogP contribution in [0, 0.1) is 0 Å². The largest absolute Gasteiger partial charge is 0.338 e. The van der Waals surface area contributed by atoms with E-state index >= 15 is 0 Å². The molecule has 0 bridgehead atoms. The highest BCUT2D eigenvalue weighted by Gasteiger charge is 2.19. The minimum atomic E-state index is -0.380. The first-order valence-electron chi connectivity index (χ1n) is 7.02. The molecule has 0 saturated carbocycles. The number of nitrogens with one attached hydrogen (secondary N) is 1. The molecular weight excluding hydrogens is 274 g/mol. The fourth-order valence-electron chi connectivity index (χ4n) is 2.20. The Morgan fingerprint density at radius 2 is 1.32 bits per heavy atom. The Labute approximate surface area is 128 Å². The maximum absolute atomic E-state index is 12.4. The van der Waals surface area contributed by atoms with Gasteiger partial charge in [-0.2, -0.15) is 0 Å². The Hall–Kier alpha value is -3.01. The van der Waals surface area contributed by atoms with Crippen LogP contribution in [0.2, 0.25) is 0 Å². The van der Waals surface area contributed by atoms with Gasteiger partial charge < -0.3 is 5.32 Å². The molecule has 0 unspecified atom stereocenters. The fraction of sp³-hybridized carbons (Fsp3) is 0.0556. The van der Waals surface area contributed by atoms with E-state index in [0.29, 0.717) is 5.56 Å². The van der Waals surface area contributed by atoms with E-state index in [1.54, 1.807) is 24.5 Å². The number of hydrogen-bond donors (Lipinski definition) is 1. The highest BCUT2D eigenvalue weighted by atomic mass is 16.1. The van der Waals surface area contributed by atoms with Crippen molar-refractivity contribution < 1.29 is 4.79 Å². The summed E-state index contributed by atoms with van der Waals surface area (Å²) in [5, 5.41) is 3.00. The van der Waals surface area contributed by atoms with Crippen molar-refractivity contribution in [3.63, 3.8) is 0 Å². The lowest BCUT2D eigenvalue weighted by atomic mass is 10.1. The van der Waals surface area contributed by atoms with Crippen LogP contribution in [0.15, 0.2) is 79.1 Å². The first-order chi connectivity index (χ1) is 10.8. The molecule has 0 spiro atoms. The van der Waals surface area contributed by atoms with Crippen LogP contribution in [0.5, 0.6) is 0 Å². The van der Waals surface area contributed by atoms with Gasteiger partial charge >= 0.3 is 0 Å². The summed E-state index contributed by atoms with van der Waals surface area (Å²) in [6.45, 7) is 0. The smallest absolute Gasteiger partial charge is 0.252 e. The first kappa shape index (κ1) is 13.9. The van der Waals surface area contributed by atoms with Crippen LogP contribution in [0.25, 0.3) is 0 Å². The van der Waals surface area contributed by atoms with Crippen LogP contribution in [0.3, 0.4) is 0 Å². The highest BCUT2D eigenvalue weighted by molar-refractivity contribution is 5.94. The molecule has 1 N–H and O–H groups in total. The molecule has 1 aromatic carbocycles. The molecule has 0 aliphatic heterocycles. The monoisotopic (exact) mass is 289 g/mol. The van der Waals surface area contributed by atoms with Gasteiger partial charge in [0.25, 0.3) is 5.91 Å². The lowest BCUT2D eigenvalue weighted by Gasteiger charge is -2.17. The molecule has 0 atom stereocenters. The Balaban J connectivity index is 1.91. The van der Waals surface area contributed by atoms with Gasteiger partial charge in [-0.3, -0.25) is 14.8 Å². The third-order valence-electron chi connectivity index (χ3n) is 3.28. The first-order valence-corrected chi connectivity index (χ1v) is 7.02. The quantitative estimate of drug-likeness (QED) is 0.803. The standard InChI is InChI=1S/C18H15N3O/c22-18(14-8-2-1-3-9-14)21-17(15-10-4-6-12-19-15)16-11-5-7-13-20-16/h1-13,17H,(H,21,22). The van der Waals surface area contributed by atoms with Crippen LogP contribution in [-0.4, -0.2) is 15.9 Å². The topological polar surface area (TPSA) is 54.9 Å². The Morgan fingerprint density at radius 3 is 1.82 bits per heavy atom. The summed E-state index contributed by atoms with van der Waals surface area (Å²) in [7, 11) is 0. The summed E-state index contributed by atoms with van der Waals surface area (Å²) in [6.07, 6.45) is 3.42. The van der Waals surface area contributed by atoms with Crippen molar-refractivity contribution >= 4 is 5.91 Å². The maximum atomic E-state index is 12.4. The predicted octanol–water partition coefficient (Wildman–Crippen LogP) is 3.00. The van der Waals surface area contributed by atoms with Gasteiger partial charge in [-0.15, -0.1) is 0 Å². The van der Waals surface area contributed by atoms with Gasteiger partial charge in [-0.25, -0.2) is 0 Å². The van der Waals surface area contributed by atoms with Crippen LogP contribution >= 0.6 is 0 Å². The number of amides is 1. The second kappa shape index (κ2) is 6.63. The lowest BCUT2D eigenvalue weighted by molar-refractivity contribution is 0.0941. The molecule has 0 fully saturated rings. The van der Waals surface area contributed by atoms with Crippen molar-refractivity contribution in [3.8, 4) is 0 Å². The zero-order valence-electron chi connectivity index (χ0n) is 11.9. The minimum Gasteiger partial charge on any atom is -0.338 e. The molecule has 1 amide bonds. The normalized spacial score (nSPS) is 10.4. The zero-order chi connectivity index (χ0) is 15.2. The van der Waals surface area contributed by atoms with Crippen molar-refractivity contribution in [2.45, 2.75) is 6.04 Å². The van der Waals surface area contributed by atoms with Gasteiger partial charge in [0.1, 0.15) is 6.04 Å². The van der Waals surface area contributed by atoms with Crippen molar-refractivity contribution in [1.82, 2.24) is 15.3 Å². The van der Waals surface area contributed by atoms with Crippen LogP contribution in [0.4, 0.5) is 0 Å². The van der Waals surface area contributed by atoms with Gasteiger partial charge in [0.05, 0.1) is 11.4 Å². The van der Waals surface area contributed by atoms with Crippen molar-refractivity contribution in [1.29, 1.82) is 0 Å². The number of aromatic nitrogens is 2. The van der Waals surface area contributed by atoms with E-state index in [0.717, 1.165) is 11.4 Å². The van der Waals surface area contributed by atoms with Crippen LogP contribution < -0.4 is 5.32 Å². The summed E-state index contributed by atoms with van der Waals surface area (Å²) in [5.41, 5.74) is 2.12. The maximum Gasteiger partial charge on any atom is 0.252 e. The number of carbonyl (C=O) groups excluding carboxylic acids is 1. The molecule has 108 valence electrons. The van der Waals surface area contributed by atoms with E-state index in [9.17, 15) is 4.79 Å². The number of carbonyl (C=O) groups is 1.